The number of ether oxygens (including phenoxy) is 3. The number of aromatic nitrogens is 2. The predicted octanol–water partition coefficient (Wildman–Crippen LogP) is 2.07. The van der Waals surface area contributed by atoms with Crippen LogP contribution < -0.4 is 9.47 Å². The molecule has 6 nitrogen and oxygen atoms in total. The first-order chi connectivity index (χ1) is 10.8. The highest BCUT2D eigenvalue weighted by molar-refractivity contribution is 5.64. The van der Waals surface area contributed by atoms with Crippen molar-refractivity contribution in [3.05, 3.63) is 30.5 Å². The van der Waals surface area contributed by atoms with Gasteiger partial charge in [-0.1, -0.05) is 0 Å². The Labute approximate surface area is 129 Å². The van der Waals surface area contributed by atoms with Gasteiger partial charge in [0.05, 0.1) is 32.6 Å². The van der Waals surface area contributed by atoms with Crippen LogP contribution in [0.3, 0.4) is 0 Å². The average molecular weight is 304 g/mol. The number of aliphatic hydroxyl groups is 1. The topological polar surface area (TPSA) is 65.7 Å². The zero-order valence-electron chi connectivity index (χ0n) is 12.6. The Kier molecular flexibility index (Phi) is 4.60. The smallest absolute Gasteiger partial charge is 0.200 e. The van der Waals surface area contributed by atoms with Gasteiger partial charge in [0.15, 0.2) is 17.8 Å². The summed E-state index contributed by atoms with van der Waals surface area (Å²) >= 11 is 0. The van der Waals surface area contributed by atoms with Crippen LogP contribution in [0.25, 0.3) is 11.3 Å². The van der Waals surface area contributed by atoms with Gasteiger partial charge < -0.3 is 19.3 Å². The summed E-state index contributed by atoms with van der Waals surface area (Å²) < 4.78 is 18.6. The van der Waals surface area contributed by atoms with Crippen molar-refractivity contribution in [2.75, 3.05) is 20.3 Å². The van der Waals surface area contributed by atoms with Crippen molar-refractivity contribution in [2.45, 2.75) is 25.7 Å². The van der Waals surface area contributed by atoms with Crippen molar-refractivity contribution in [3.8, 4) is 22.8 Å². The third kappa shape index (κ3) is 3.08. The van der Waals surface area contributed by atoms with Crippen molar-refractivity contribution >= 4 is 0 Å². The molecular formula is C16H20N2O4. The molecule has 22 heavy (non-hydrogen) atoms. The first-order valence-corrected chi connectivity index (χ1v) is 7.41. The van der Waals surface area contributed by atoms with E-state index >= 15 is 0 Å². The van der Waals surface area contributed by atoms with Crippen LogP contribution in [0.4, 0.5) is 0 Å². The van der Waals surface area contributed by atoms with E-state index in [1.807, 2.05) is 24.3 Å². The second kappa shape index (κ2) is 6.81. The lowest BCUT2D eigenvalue weighted by atomic mass is 10.1. The molecule has 0 amide bonds. The summed E-state index contributed by atoms with van der Waals surface area (Å²) in [6.45, 7) is 1.23. The minimum absolute atomic E-state index is 0.0457. The molecule has 1 unspecified atom stereocenters. The summed E-state index contributed by atoms with van der Waals surface area (Å²) in [5.41, 5.74) is 1.88. The monoisotopic (exact) mass is 304 g/mol. The van der Waals surface area contributed by atoms with E-state index in [0.29, 0.717) is 18.0 Å². The molecule has 1 aromatic carbocycles. The fourth-order valence-electron chi connectivity index (χ4n) is 2.56. The lowest BCUT2D eigenvalue weighted by Gasteiger charge is -2.16. The number of hydrogen-bond donors (Lipinski definition) is 1. The molecule has 0 radical (unpaired) electrons. The normalized spacial score (nSPS) is 17.6. The van der Waals surface area contributed by atoms with E-state index in [2.05, 4.69) is 5.10 Å². The van der Waals surface area contributed by atoms with E-state index in [0.717, 1.165) is 30.7 Å². The Bertz CT molecular complexity index is 620. The van der Waals surface area contributed by atoms with E-state index in [-0.39, 0.29) is 12.9 Å². The van der Waals surface area contributed by atoms with E-state index in [1.165, 1.54) is 0 Å². The van der Waals surface area contributed by atoms with Crippen molar-refractivity contribution in [3.63, 3.8) is 0 Å². The molecule has 0 saturated carbocycles. The maximum Gasteiger partial charge on any atom is 0.200 e. The Balaban J connectivity index is 1.90. The van der Waals surface area contributed by atoms with Gasteiger partial charge in [0.1, 0.15) is 0 Å². The van der Waals surface area contributed by atoms with Crippen molar-refractivity contribution in [2.24, 2.45) is 0 Å². The highest BCUT2D eigenvalue weighted by atomic mass is 16.7. The van der Waals surface area contributed by atoms with Crippen LogP contribution in [0.5, 0.6) is 11.5 Å². The molecule has 1 aliphatic heterocycles. The third-order valence-corrected chi connectivity index (χ3v) is 3.63. The number of nitrogens with zero attached hydrogens (tertiary/aromatic N) is 2. The van der Waals surface area contributed by atoms with Gasteiger partial charge >= 0.3 is 0 Å². The van der Waals surface area contributed by atoms with Crippen LogP contribution in [0.1, 0.15) is 12.8 Å². The molecule has 3 rings (SSSR count). The molecule has 1 aliphatic rings. The van der Waals surface area contributed by atoms with Gasteiger partial charge in [0.25, 0.3) is 0 Å². The first kappa shape index (κ1) is 14.9. The quantitative estimate of drug-likeness (QED) is 0.885. The van der Waals surface area contributed by atoms with Crippen molar-refractivity contribution < 1.29 is 19.3 Å². The molecule has 0 bridgehead atoms. The van der Waals surface area contributed by atoms with Crippen LogP contribution in [-0.4, -0.2) is 41.5 Å². The van der Waals surface area contributed by atoms with Crippen LogP contribution in [-0.2, 0) is 11.3 Å². The molecule has 1 fully saturated rings. The Morgan fingerprint density at radius 2 is 2.27 bits per heavy atom. The van der Waals surface area contributed by atoms with Crippen LogP contribution in [0.15, 0.2) is 30.5 Å². The number of aliphatic hydroxyl groups excluding tert-OH is 1. The van der Waals surface area contributed by atoms with Gasteiger partial charge in [-0.2, -0.15) is 5.10 Å². The van der Waals surface area contributed by atoms with Crippen LogP contribution in [0.2, 0.25) is 0 Å². The number of benzene rings is 1. The molecule has 6 heteroatoms. The summed E-state index contributed by atoms with van der Waals surface area (Å²) in [7, 11) is 1.62. The average Bonchev–Trinajstić information content (AvgIpc) is 3.19. The minimum atomic E-state index is -0.216. The summed E-state index contributed by atoms with van der Waals surface area (Å²) in [5.74, 6) is 1.33. The molecule has 2 aromatic rings. The Morgan fingerprint density at radius 1 is 1.36 bits per heavy atom. The number of methoxy groups -OCH3 is 1. The second-order valence-electron chi connectivity index (χ2n) is 5.09. The van der Waals surface area contributed by atoms with Crippen LogP contribution >= 0.6 is 0 Å². The Hall–Kier alpha value is -2.05. The minimum Gasteiger partial charge on any atom is -0.493 e. The Morgan fingerprint density at radius 3 is 3.00 bits per heavy atom. The molecule has 1 saturated heterocycles. The zero-order chi connectivity index (χ0) is 15.4. The van der Waals surface area contributed by atoms with Gasteiger partial charge in [-0.05, 0) is 30.7 Å². The fourth-order valence-corrected chi connectivity index (χ4v) is 2.56. The summed E-state index contributed by atoms with van der Waals surface area (Å²) in [6.07, 6.45) is 3.40. The van der Waals surface area contributed by atoms with Crippen molar-refractivity contribution in [1.29, 1.82) is 0 Å². The maximum atomic E-state index is 9.11. The largest absolute Gasteiger partial charge is 0.493 e. The lowest BCUT2D eigenvalue weighted by Crippen LogP contribution is -2.14. The second-order valence-corrected chi connectivity index (χ2v) is 5.09. The lowest BCUT2D eigenvalue weighted by molar-refractivity contribution is -0.0402. The third-order valence-electron chi connectivity index (χ3n) is 3.63. The summed E-state index contributed by atoms with van der Waals surface area (Å²) in [4.78, 5) is 0. The highest BCUT2D eigenvalue weighted by Crippen LogP contribution is 2.34. The number of hydrogen-bond acceptors (Lipinski definition) is 5. The summed E-state index contributed by atoms with van der Waals surface area (Å²) in [6, 6.07) is 7.65. The van der Waals surface area contributed by atoms with Crippen molar-refractivity contribution in [1.82, 2.24) is 9.78 Å². The fraction of sp³-hybridized carbons (Fsp3) is 0.438. The maximum absolute atomic E-state index is 9.11. The highest BCUT2D eigenvalue weighted by Gasteiger charge is 2.19. The van der Waals surface area contributed by atoms with E-state index in [4.69, 9.17) is 19.3 Å². The van der Waals surface area contributed by atoms with Gasteiger partial charge in [0.2, 0.25) is 0 Å². The first-order valence-electron chi connectivity index (χ1n) is 7.41. The summed E-state index contributed by atoms with van der Waals surface area (Å²) in [5, 5.41) is 13.3. The standard InChI is InChI=1S/C16H20N2O4/c1-20-14-5-4-12(13-6-7-17-18(13)8-9-19)11-15(14)22-16-3-2-10-21-16/h4-7,11,16,19H,2-3,8-10H2,1H3. The predicted molar refractivity (Wildman–Crippen MR) is 80.9 cm³/mol. The van der Waals surface area contributed by atoms with Gasteiger partial charge in [0, 0.05) is 18.2 Å². The number of rotatable bonds is 6. The van der Waals surface area contributed by atoms with Crippen LogP contribution in [0, 0.1) is 0 Å². The van der Waals surface area contributed by atoms with E-state index in [9.17, 15) is 0 Å². The molecule has 1 N–H and O–H groups in total. The molecule has 1 atom stereocenters. The molecule has 2 heterocycles. The van der Waals surface area contributed by atoms with Gasteiger partial charge in [-0.25, -0.2) is 0 Å². The zero-order valence-corrected chi connectivity index (χ0v) is 12.6. The SMILES string of the molecule is COc1ccc(-c2ccnn2CCO)cc1OC1CCCO1. The van der Waals surface area contributed by atoms with Gasteiger partial charge in [-0.3, -0.25) is 4.68 Å². The molecule has 0 aliphatic carbocycles. The molecule has 0 spiro atoms. The molecule has 1 aromatic heterocycles. The van der Waals surface area contributed by atoms with E-state index < -0.39 is 0 Å². The van der Waals surface area contributed by atoms with Gasteiger partial charge in [-0.15, -0.1) is 0 Å². The molecular weight excluding hydrogens is 284 g/mol. The van der Waals surface area contributed by atoms with E-state index in [1.54, 1.807) is 18.0 Å². The molecule has 118 valence electrons.